The van der Waals surface area contributed by atoms with Crippen molar-refractivity contribution < 1.29 is 0 Å². The van der Waals surface area contributed by atoms with Crippen LogP contribution in [0.2, 0.25) is 5.02 Å². The van der Waals surface area contributed by atoms with Crippen molar-refractivity contribution in [3.63, 3.8) is 0 Å². The highest BCUT2D eigenvalue weighted by Gasteiger charge is 2.11. The third kappa shape index (κ3) is 4.20. The molecule has 0 bridgehead atoms. The summed E-state index contributed by atoms with van der Waals surface area (Å²) in [7, 11) is 9.74. The first-order chi connectivity index (χ1) is 11.4. The van der Waals surface area contributed by atoms with E-state index in [1.807, 2.05) is 68.5 Å². The molecule has 2 rings (SSSR count). The van der Waals surface area contributed by atoms with Gasteiger partial charge in [0.25, 0.3) is 0 Å². The standard InChI is InChI=1S/C17H25ClN6/c1-19-16(23(4)12-13-8-6-7-9-15(13)18)20-10-14-11-21-17(22(2)3)24(14)5/h6-9,11H,10,12H2,1-5H3,(H,19,20). The Hall–Kier alpha value is -2.21. The SMILES string of the molecule is CN=C(NCc1cnc(N(C)C)n1C)N(C)Cc1ccccc1Cl. The van der Waals surface area contributed by atoms with Crippen LogP contribution in [-0.2, 0) is 20.1 Å². The number of aromatic nitrogens is 2. The Balaban J connectivity index is 2.01. The monoisotopic (exact) mass is 348 g/mol. The van der Waals surface area contributed by atoms with Gasteiger partial charge in [0.15, 0.2) is 5.96 Å². The summed E-state index contributed by atoms with van der Waals surface area (Å²) in [6.45, 7) is 1.34. The summed E-state index contributed by atoms with van der Waals surface area (Å²) < 4.78 is 2.06. The molecule has 0 atom stereocenters. The molecule has 0 unspecified atom stereocenters. The van der Waals surface area contributed by atoms with E-state index in [-0.39, 0.29) is 0 Å². The van der Waals surface area contributed by atoms with E-state index >= 15 is 0 Å². The number of hydrogen-bond acceptors (Lipinski definition) is 3. The molecule has 1 aromatic heterocycles. The molecular weight excluding hydrogens is 324 g/mol. The fourth-order valence-corrected chi connectivity index (χ4v) is 2.72. The Labute approximate surface area is 148 Å². The second-order valence-corrected chi connectivity index (χ2v) is 6.26. The van der Waals surface area contributed by atoms with Gasteiger partial charge in [0.2, 0.25) is 5.95 Å². The van der Waals surface area contributed by atoms with Crippen molar-refractivity contribution in [2.75, 3.05) is 33.1 Å². The van der Waals surface area contributed by atoms with Crippen LogP contribution in [-0.4, -0.2) is 48.6 Å². The number of hydrogen-bond donors (Lipinski definition) is 1. The molecule has 0 radical (unpaired) electrons. The first kappa shape index (κ1) is 18.1. The van der Waals surface area contributed by atoms with Crippen LogP contribution in [0.25, 0.3) is 0 Å². The van der Waals surface area contributed by atoms with Crippen molar-refractivity contribution in [2.24, 2.45) is 12.0 Å². The first-order valence-electron chi connectivity index (χ1n) is 7.77. The highest BCUT2D eigenvalue weighted by atomic mass is 35.5. The number of halogens is 1. The third-order valence-electron chi connectivity index (χ3n) is 3.83. The van der Waals surface area contributed by atoms with Gasteiger partial charge in [-0.25, -0.2) is 4.98 Å². The third-order valence-corrected chi connectivity index (χ3v) is 4.19. The minimum Gasteiger partial charge on any atom is -0.351 e. The number of guanidine groups is 1. The smallest absolute Gasteiger partial charge is 0.204 e. The van der Waals surface area contributed by atoms with Gasteiger partial charge in [-0.3, -0.25) is 4.99 Å². The van der Waals surface area contributed by atoms with Crippen molar-refractivity contribution in [1.29, 1.82) is 0 Å². The molecule has 1 heterocycles. The molecule has 7 heteroatoms. The van der Waals surface area contributed by atoms with Gasteiger partial charge < -0.3 is 19.7 Å². The molecule has 0 amide bonds. The number of benzene rings is 1. The Bertz CT molecular complexity index is 707. The van der Waals surface area contributed by atoms with Crippen molar-refractivity contribution in [3.8, 4) is 0 Å². The molecule has 0 saturated carbocycles. The zero-order chi connectivity index (χ0) is 17.7. The number of nitrogens with zero attached hydrogens (tertiary/aromatic N) is 5. The molecule has 0 aliphatic carbocycles. The fraction of sp³-hybridized carbons (Fsp3) is 0.412. The molecule has 0 aliphatic rings. The van der Waals surface area contributed by atoms with Crippen LogP contribution < -0.4 is 10.2 Å². The van der Waals surface area contributed by atoms with Crippen LogP contribution in [0.15, 0.2) is 35.5 Å². The van der Waals surface area contributed by atoms with Gasteiger partial charge in [-0.15, -0.1) is 0 Å². The van der Waals surface area contributed by atoms with Crippen LogP contribution in [0.4, 0.5) is 5.95 Å². The van der Waals surface area contributed by atoms with E-state index in [0.717, 1.165) is 28.2 Å². The van der Waals surface area contributed by atoms with Crippen LogP contribution in [0, 0.1) is 0 Å². The highest BCUT2D eigenvalue weighted by Crippen LogP contribution is 2.16. The van der Waals surface area contributed by atoms with Crippen molar-refractivity contribution in [2.45, 2.75) is 13.1 Å². The minimum absolute atomic E-state index is 0.650. The van der Waals surface area contributed by atoms with E-state index in [1.54, 1.807) is 7.05 Å². The van der Waals surface area contributed by atoms with Gasteiger partial charge in [-0.05, 0) is 11.6 Å². The lowest BCUT2D eigenvalue weighted by atomic mass is 10.2. The molecule has 0 fully saturated rings. The fourth-order valence-electron chi connectivity index (χ4n) is 2.52. The van der Waals surface area contributed by atoms with Crippen molar-refractivity contribution in [1.82, 2.24) is 19.8 Å². The summed E-state index contributed by atoms with van der Waals surface area (Å²) >= 11 is 6.24. The van der Waals surface area contributed by atoms with E-state index in [9.17, 15) is 0 Å². The number of imidazole rings is 1. The molecule has 1 aromatic carbocycles. The second-order valence-electron chi connectivity index (χ2n) is 5.85. The summed E-state index contributed by atoms with van der Waals surface area (Å²) in [5, 5.41) is 4.14. The Morgan fingerprint density at radius 3 is 2.58 bits per heavy atom. The quantitative estimate of drug-likeness (QED) is 0.665. The van der Waals surface area contributed by atoms with Gasteiger partial charge in [0, 0.05) is 46.8 Å². The van der Waals surface area contributed by atoms with Crippen molar-refractivity contribution in [3.05, 3.63) is 46.7 Å². The number of rotatable bonds is 5. The predicted octanol–water partition coefficient (Wildman–Crippen LogP) is 2.35. The second kappa shape index (κ2) is 8.06. The van der Waals surface area contributed by atoms with E-state index in [1.165, 1.54) is 0 Å². The Morgan fingerprint density at radius 2 is 2.00 bits per heavy atom. The van der Waals surface area contributed by atoms with Crippen LogP contribution >= 0.6 is 11.6 Å². The molecule has 2 aromatic rings. The van der Waals surface area contributed by atoms with Crippen LogP contribution in [0.3, 0.4) is 0 Å². The first-order valence-corrected chi connectivity index (χ1v) is 8.15. The van der Waals surface area contributed by atoms with Gasteiger partial charge >= 0.3 is 0 Å². The molecule has 0 saturated heterocycles. The van der Waals surface area contributed by atoms with Gasteiger partial charge in [0.1, 0.15) is 0 Å². The highest BCUT2D eigenvalue weighted by molar-refractivity contribution is 6.31. The Kier molecular flexibility index (Phi) is 6.09. The van der Waals surface area contributed by atoms with Gasteiger partial charge in [-0.2, -0.15) is 0 Å². The van der Waals surface area contributed by atoms with E-state index < -0.39 is 0 Å². The zero-order valence-corrected chi connectivity index (χ0v) is 15.7. The average Bonchev–Trinajstić information content (AvgIpc) is 2.91. The molecular formula is C17H25ClN6. The van der Waals surface area contributed by atoms with Crippen LogP contribution in [0.1, 0.15) is 11.3 Å². The molecule has 0 spiro atoms. The van der Waals surface area contributed by atoms with E-state index in [4.69, 9.17) is 11.6 Å². The van der Waals surface area contributed by atoms with Gasteiger partial charge in [0.05, 0.1) is 18.4 Å². The zero-order valence-electron chi connectivity index (χ0n) is 14.9. The summed E-state index contributed by atoms with van der Waals surface area (Å²) in [4.78, 5) is 12.8. The molecule has 130 valence electrons. The average molecular weight is 349 g/mol. The number of nitrogens with one attached hydrogen (secondary N) is 1. The minimum atomic E-state index is 0.650. The maximum absolute atomic E-state index is 6.24. The Morgan fingerprint density at radius 1 is 1.29 bits per heavy atom. The van der Waals surface area contributed by atoms with E-state index in [0.29, 0.717) is 13.1 Å². The normalized spacial score (nSPS) is 11.5. The number of aliphatic imine (C=N–C) groups is 1. The summed E-state index contributed by atoms with van der Waals surface area (Å²) in [6.07, 6.45) is 1.88. The topological polar surface area (TPSA) is 48.7 Å². The van der Waals surface area contributed by atoms with Gasteiger partial charge in [-0.1, -0.05) is 29.8 Å². The predicted molar refractivity (Wildman–Crippen MR) is 101 cm³/mol. The molecule has 6 nitrogen and oxygen atoms in total. The summed E-state index contributed by atoms with van der Waals surface area (Å²) in [5.74, 6) is 1.73. The van der Waals surface area contributed by atoms with E-state index in [2.05, 4.69) is 19.9 Å². The molecule has 0 aliphatic heterocycles. The van der Waals surface area contributed by atoms with Crippen molar-refractivity contribution >= 4 is 23.5 Å². The maximum atomic E-state index is 6.24. The maximum Gasteiger partial charge on any atom is 0.204 e. The summed E-state index contributed by atoms with van der Waals surface area (Å²) in [6, 6.07) is 7.85. The molecule has 1 N–H and O–H groups in total. The lowest BCUT2D eigenvalue weighted by Gasteiger charge is -2.23. The van der Waals surface area contributed by atoms with Crippen LogP contribution in [0.5, 0.6) is 0 Å². The number of anilines is 1. The lowest BCUT2D eigenvalue weighted by Crippen LogP contribution is -2.38. The lowest BCUT2D eigenvalue weighted by molar-refractivity contribution is 0.475. The largest absolute Gasteiger partial charge is 0.351 e. The summed E-state index contributed by atoms with van der Waals surface area (Å²) in [5.41, 5.74) is 2.16. The molecule has 24 heavy (non-hydrogen) atoms.